The van der Waals surface area contributed by atoms with Crippen molar-refractivity contribution in [2.75, 3.05) is 0 Å². The number of rotatable bonds is 2. The van der Waals surface area contributed by atoms with Crippen LogP contribution < -0.4 is 0 Å². The predicted molar refractivity (Wildman–Crippen MR) is 41.9 cm³/mol. The summed E-state index contributed by atoms with van der Waals surface area (Å²) in [6.45, 7) is 2.24. The Kier molecular flexibility index (Phi) is 2.47. The van der Waals surface area contributed by atoms with Gasteiger partial charge in [0, 0.05) is 6.42 Å². The first-order valence-electron chi connectivity index (χ1n) is 4.20. The number of carbonyl (C=O) groups is 1. The van der Waals surface area contributed by atoms with Crippen LogP contribution in [0.3, 0.4) is 0 Å². The lowest BCUT2D eigenvalue weighted by Crippen LogP contribution is -2.20. The Balaban J connectivity index is 2.39. The third-order valence-electron chi connectivity index (χ3n) is 2.64. The van der Waals surface area contributed by atoms with E-state index in [1.165, 1.54) is 32.1 Å². The Bertz CT molecular complexity index is 112. The fourth-order valence-corrected chi connectivity index (χ4v) is 1.81. The smallest absolute Gasteiger partial charge is 0.120 e. The van der Waals surface area contributed by atoms with Gasteiger partial charge >= 0.3 is 0 Å². The first-order chi connectivity index (χ1) is 4.77. The quantitative estimate of drug-likeness (QED) is 0.539. The molecule has 0 spiro atoms. The van der Waals surface area contributed by atoms with E-state index in [-0.39, 0.29) is 0 Å². The van der Waals surface area contributed by atoms with Crippen molar-refractivity contribution in [3.05, 3.63) is 0 Å². The standard InChI is InChI=1S/C9H16O/c1-9(7-8-10)5-3-2-4-6-9/h8H,2-7H2,1H3. The molecule has 0 bridgehead atoms. The summed E-state index contributed by atoms with van der Waals surface area (Å²) in [6.07, 6.45) is 8.37. The molecule has 0 unspecified atom stereocenters. The van der Waals surface area contributed by atoms with Crippen molar-refractivity contribution in [3.63, 3.8) is 0 Å². The Morgan fingerprint density at radius 2 is 1.90 bits per heavy atom. The highest BCUT2D eigenvalue weighted by atomic mass is 16.1. The van der Waals surface area contributed by atoms with Crippen LogP contribution in [0.2, 0.25) is 0 Å². The Hall–Kier alpha value is -0.330. The van der Waals surface area contributed by atoms with Gasteiger partial charge in [-0.25, -0.2) is 0 Å². The zero-order valence-electron chi connectivity index (χ0n) is 6.73. The summed E-state index contributed by atoms with van der Waals surface area (Å²) in [5.41, 5.74) is 0.361. The molecule has 0 N–H and O–H groups in total. The van der Waals surface area contributed by atoms with E-state index in [1.54, 1.807) is 0 Å². The summed E-state index contributed by atoms with van der Waals surface area (Å²) in [7, 11) is 0. The van der Waals surface area contributed by atoms with E-state index in [2.05, 4.69) is 6.92 Å². The summed E-state index contributed by atoms with van der Waals surface area (Å²) in [4.78, 5) is 10.3. The third kappa shape index (κ3) is 1.83. The minimum absolute atomic E-state index is 0.361. The maximum atomic E-state index is 10.3. The highest BCUT2D eigenvalue weighted by Crippen LogP contribution is 2.37. The zero-order valence-corrected chi connectivity index (χ0v) is 6.73. The maximum Gasteiger partial charge on any atom is 0.120 e. The molecule has 1 saturated carbocycles. The number of hydrogen-bond donors (Lipinski definition) is 0. The van der Waals surface area contributed by atoms with Gasteiger partial charge in [-0.05, 0) is 18.3 Å². The molecular formula is C9H16O. The van der Waals surface area contributed by atoms with Crippen molar-refractivity contribution < 1.29 is 4.79 Å². The first-order valence-corrected chi connectivity index (χ1v) is 4.20. The molecule has 0 heterocycles. The molecule has 1 rings (SSSR count). The molecule has 1 aliphatic rings. The molecule has 0 amide bonds. The van der Waals surface area contributed by atoms with Crippen molar-refractivity contribution in [2.45, 2.75) is 45.4 Å². The van der Waals surface area contributed by atoms with E-state index in [1.807, 2.05) is 0 Å². The van der Waals surface area contributed by atoms with E-state index >= 15 is 0 Å². The van der Waals surface area contributed by atoms with Crippen molar-refractivity contribution in [1.29, 1.82) is 0 Å². The predicted octanol–water partition coefficient (Wildman–Crippen LogP) is 2.55. The van der Waals surface area contributed by atoms with E-state index in [4.69, 9.17) is 0 Å². The van der Waals surface area contributed by atoms with E-state index in [0.29, 0.717) is 5.41 Å². The molecule has 58 valence electrons. The molecule has 1 heteroatoms. The number of carbonyl (C=O) groups excluding carboxylic acids is 1. The van der Waals surface area contributed by atoms with Crippen LogP contribution in [-0.4, -0.2) is 6.29 Å². The molecule has 1 nitrogen and oxygen atoms in total. The molecule has 0 radical (unpaired) electrons. The van der Waals surface area contributed by atoms with Gasteiger partial charge in [0.25, 0.3) is 0 Å². The second kappa shape index (κ2) is 3.18. The van der Waals surface area contributed by atoms with Crippen LogP contribution in [0.25, 0.3) is 0 Å². The molecule has 10 heavy (non-hydrogen) atoms. The number of aldehydes is 1. The zero-order chi connectivity index (χ0) is 7.45. The minimum atomic E-state index is 0.361. The Morgan fingerprint density at radius 3 is 2.40 bits per heavy atom. The van der Waals surface area contributed by atoms with Gasteiger partial charge in [0.1, 0.15) is 6.29 Å². The average Bonchev–Trinajstić information content (AvgIpc) is 1.89. The normalized spacial score (nSPS) is 24.1. The second-order valence-corrected chi connectivity index (χ2v) is 3.74. The highest BCUT2D eigenvalue weighted by Gasteiger charge is 2.25. The largest absolute Gasteiger partial charge is 0.303 e. The fraction of sp³-hybridized carbons (Fsp3) is 0.889. The molecule has 1 aliphatic carbocycles. The van der Waals surface area contributed by atoms with Crippen molar-refractivity contribution in [3.8, 4) is 0 Å². The summed E-state index contributed by atoms with van der Waals surface area (Å²) in [5.74, 6) is 0. The molecule has 0 saturated heterocycles. The average molecular weight is 140 g/mol. The minimum Gasteiger partial charge on any atom is -0.303 e. The highest BCUT2D eigenvalue weighted by molar-refractivity contribution is 5.50. The lowest BCUT2D eigenvalue weighted by Gasteiger charge is -2.31. The monoisotopic (exact) mass is 140 g/mol. The van der Waals surface area contributed by atoms with Crippen LogP contribution in [0.15, 0.2) is 0 Å². The van der Waals surface area contributed by atoms with E-state index in [0.717, 1.165) is 12.7 Å². The lowest BCUT2D eigenvalue weighted by molar-refractivity contribution is -0.110. The van der Waals surface area contributed by atoms with Gasteiger partial charge < -0.3 is 4.79 Å². The Labute approximate surface area is 62.8 Å². The lowest BCUT2D eigenvalue weighted by atomic mass is 9.74. The number of hydrogen-bond acceptors (Lipinski definition) is 1. The first kappa shape index (κ1) is 7.77. The topological polar surface area (TPSA) is 17.1 Å². The van der Waals surface area contributed by atoms with Gasteiger partial charge in [-0.15, -0.1) is 0 Å². The van der Waals surface area contributed by atoms with Crippen LogP contribution in [-0.2, 0) is 4.79 Å². The summed E-state index contributed by atoms with van der Waals surface area (Å²) in [5, 5.41) is 0. The maximum absolute atomic E-state index is 10.3. The van der Waals surface area contributed by atoms with Gasteiger partial charge in [-0.2, -0.15) is 0 Å². The van der Waals surface area contributed by atoms with Crippen LogP contribution in [0.5, 0.6) is 0 Å². The van der Waals surface area contributed by atoms with Gasteiger partial charge in [-0.3, -0.25) is 0 Å². The SMILES string of the molecule is CC1(CC=O)CCCCC1. The fourth-order valence-electron chi connectivity index (χ4n) is 1.81. The summed E-state index contributed by atoms with van der Waals surface area (Å²) in [6, 6.07) is 0. The molecule has 0 aromatic carbocycles. The van der Waals surface area contributed by atoms with Crippen LogP contribution in [0.4, 0.5) is 0 Å². The summed E-state index contributed by atoms with van der Waals surface area (Å²) < 4.78 is 0. The van der Waals surface area contributed by atoms with E-state index in [9.17, 15) is 4.79 Å². The molecule has 0 aromatic rings. The Morgan fingerprint density at radius 1 is 1.30 bits per heavy atom. The van der Waals surface area contributed by atoms with E-state index < -0.39 is 0 Å². The molecule has 0 aromatic heterocycles. The molecule has 0 atom stereocenters. The summed E-state index contributed by atoms with van der Waals surface area (Å²) >= 11 is 0. The van der Waals surface area contributed by atoms with Crippen molar-refractivity contribution in [1.82, 2.24) is 0 Å². The van der Waals surface area contributed by atoms with Crippen molar-refractivity contribution in [2.24, 2.45) is 5.41 Å². The third-order valence-corrected chi connectivity index (χ3v) is 2.64. The van der Waals surface area contributed by atoms with Crippen molar-refractivity contribution >= 4 is 6.29 Å². The molecule has 0 aliphatic heterocycles. The molecular weight excluding hydrogens is 124 g/mol. The van der Waals surface area contributed by atoms with Gasteiger partial charge in [-0.1, -0.05) is 26.2 Å². The van der Waals surface area contributed by atoms with Gasteiger partial charge in [0.05, 0.1) is 0 Å². The van der Waals surface area contributed by atoms with Crippen LogP contribution in [0.1, 0.15) is 45.4 Å². The van der Waals surface area contributed by atoms with Crippen LogP contribution in [0, 0.1) is 5.41 Å². The molecule has 1 fully saturated rings. The van der Waals surface area contributed by atoms with Gasteiger partial charge in [0.15, 0.2) is 0 Å². The second-order valence-electron chi connectivity index (χ2n) is 3.74. The van der Waals surface area contributed by atoms with Crippen LogP contribution >= 0.6 is 0 Å². The van der Waals surface area contributed by atoms with Gasteiger partial charge in [0.2, 0.25) is 0 Å².